The molecule has 21 heavy (non-hydrogen) atoms. The van der Waals surface area contributed by atoms with Crippen molar-refractivity contribution in [2.24, 2.45) is 0 Å². The summed E-state index contributed by atoms with van der Waals surface area (Å²) in [6.45, 7) is 4.14. The maximum absolute atomic E-state index is 12.0. The zero-order chi connectivity index (χ0) is 15.1. The van der Waals surface area contributed by atoms with Gasteiger partial charge in [0.15, 0.2) is 0 Å². The highest BCUT2D eigenvalue weighted by atomic mass is 16.1. The van der Waals surface area contributed by atoms with E-state index < -0.39 is 0 Å². The Balaban J connectivity index is 2.00. The molecule has 2 nitrogen and oxygen atoms in total. The lowest BCUT2D eigenvalue weighted by Gasteiger charge is -2.16. The van der Waals surface area contributed by atoms with Crippen molar-refractivity contribution in [2.45, 2.75) is 26.3 Å². The van der Waals surface area contributed by atoms with Crippen LogP contribution < -0.4 is 5.32 Å². The minimum Gasteiger partial charge on any atom is -0.346 e. The summed E-state index contributed by atoms with van der Waals surface area (Å²) in [6, 6.07) is 18.2. The second-order valence-corrected chi connectivity index (χ2v) is 5.12. The van der Waals surface area contributed by atoms with E-state index >= 15 is 0 Å². The average molecular weight is 279 g/mol. The second-order valence-electron chi connectivity index (χ2n) is 5.12. The number of carbonyl (C=O) groups excluding carboxylic acids is 1. The van der Waals surface area contributed by atoms with Gasteiger partial charge in [0.1, 0.15) is 0 Å². The molecule has 0 saturated heterocycles. The van der Waals surface area contributed by atoms with Gasteiger partial charge in [-0.2, -0.15) is 0 Å². The molecule has 0 saturated carbocycles. The molecule has 0 fully saturated rings. The van der Waals surface area contributed by atoms with Crippen LogP contribution >= 0.6 is 0 Å². The van der Waals surface area contributed by atoms with E-state index in [0.29, 0.717) is 0 Å². The number of rotatable bonds is 5. The maximum Gasteiger partial charge on any atom is 0.244 e. The molecule has 1 N–H and O–H groups in total. The Hall–Kier alpha value is -2.35. The predicted octanol–water partition coefficient (Wildman–Crippen LogP) is 4.28. The van der Waals surface area contributed by atoms with Crippen molar-refractivity contribution in [1.82, 2.24) is 5.32 Å². The monoisotopic (exact) mass is 279 g/mol. The van der Waals surface area contributed by atoms with Crippen molar-refractivity contribution >= 4 is 12.0 Å². The number of amides is 1. The highest BCUT2D eigenvalue weighted by molar-refractivity contribution is 5.91. The molecular formula is C19H21NO. The van der Waals surface area contributed by atoms with Crippen LogP contribution in [0.25, 0.3) is 6.08 Å². The van der Waals surface area contributed by atoms with E-state index in [1.165, 1.54) is 5.56 Å². The fourth-order valence-electron chi connectivity index (χ4n) is 2.18. The van der Waals surface area contributed by atoms with E-state index in [1.807, 2.05) is 36.4 Å². The van der Waals surface area contributed by atoms with Gasteiger partial charge < -0.3 is 5.32 Å². The van der Waals surface area contributed by atoms with E-state index in [9.17, 15) is 4.79 Å². The minimum atomic E-state index is -0.0636. The lowest BCUT2D eigenvalue weighted by atomic mass is 10.0. The van der Waals surface area contributed by atoms with Crippen LogP contribution in [0.1, 0.15) is 36.1 Å². The van der Waals surface area contributed by atoms with E-state index in [0.717, 1.165) is 17.5 Å². The highest BCUT2D eigenvalue weighted by Crippen LogP contribution is 2.17. The summed E-state index contributed by atoms with van der Waals surface area (Å²) in [6.07, 6.45) is 4.29. The molecule has 0 aromatic heterocycles. The normalized spacial score (nSPS) is 12.3. The summed E-state index contributed by atoms with van der Waals surface area (Å²) in [7, 11) is 0. The minimum absolute atomic E-state index is 0.0542. The Morgan fingerprint density at radius 1 is 1.10 bits per heavy atom. The third-order valence-corrected chi connectivity index (χ3v) is 3.43. The zero-order valence-corrected chi connectivity index (χ0v) is 12.5. The van der Waals surface area contributed by atoms with Crippen molar-refractivity contribution in [2.75, 3.05) is 0 Å². The first-order valence-electron chi connectivity index (χ1n) is 7.29. The van der Waals surface area contributed by atoms with Crippen LogP contribution in [0.5, 0.6) is 0 Å². The van der Waals surface area contributed by atoms with Crippen molar-refractivity contribution in [1.29, 1.82) is 0 Å². The highest BCUT2D eigenvalue weighted by Gasteiger charge is 2.10. The molecule has 0 unspecified atom stereocenters. The summed E-state index contributed by atoms with van der Waals surface area (Å²) in [4.78, 5) is 12.0. The molecule has 108 valence electrons. The van der Waals surface area contributed by atoms with Gasteiger partial charge in [-0.05, 0) is 30.5 Å². The molecule has 0 aliphatic heterocycles. The molecule has 2 rings (SSSR count). The Bertz CT molecular complexity index is 599. The fraction of sp³-hybridized carbons (Fsp3) is 0.211. The summed E-state index contributed by atoms with van der Waals surface area (Å²) < 4.78 is 0. The summed E-state index contributed by atoms with van der Waals surface area (Å²) >= 11 is 0. The van der Waals surface area contributed by atoms with Crippen molar-refractivity contribution < 1.29 is 4.79 Å². The Kier molecular flexibility index (Phi) is 5.33. The van der Waals surface area contributed by atoms with Crippen LogP contribution in [0.2, 0.25) is 0 Å². The number of nitrogens with one attached hydrogen (secondary N) is 1. The van der Waals surface area contributed by atoms with Crippen molar-refractivity contribution in [3.8, 4) is 0 Å². The average Bonchev–Trinajstić information content (AvgIpc) is 2.52. The molecule has 0 aliphatic rings. The third kappa shape index (κ3) is 4.60. The van der Waals surface area contributed by atoms with Gasteiger partial charge >= 0.3 is 0 Å². The molecular weight excluding hydrogens is 258 g/mol. The van der Waals surface area contributed by atoms with Crippen molar-refractivity contribution in [3.63, 3.8) is 0 Å². The van der Waals surface area contributed by atoms with Gasteiger partial charge in [-0.3, -0.25) is 4.79 Å². The van der Waals surface area contributed by atoms with Gasteiger partial charge in [0.05, 0.1) is 6.04 Å². The molecule has 2 aromatic rings. The quantitative estimate of drug-likeness (QED) is 0.813. The van der Waals surface area contributed by atoms with Gasteiger partial charge in [0.2, 0.25) is 5.91 Å². The molecule has 0 heterocycles. The molecule has 0 bridgehead atoms. The molecule has 0 spiro atoms. The molecule has 2 aromatic carbocycles. The zero-order valence-electron chi connectivity index (χ0n) is 12.5. The Morgan fingerprint density at radius 3 is 2.38 bits per heavy atom. The number of carbonyl (C=O) groups is 1. The van der Waals surface area contributed by atoms with Gasteiger partial charge in [-0.25, -0.2) is 0 Å². The second kappa shape index (κ2) is 7.44. The molecule has 1 atom stereocenters. The predicted molar refractivity (Wildman–Crippen MR) is 87.8 cm³/mol. The number of aryl methyl sites for hydroxylation is 1. The van der Waals surface area contributed by atoms with Crippen LogP contribution in [0.15, 0.2) is 60.7 Å². The van der Waals surface area contributed by atoms with E-state index in [-0.39, 0.29) is 11.9 Å². The van der Waals surface area contributed by atoms with Gasteiger partial charge in [-0.15, -0.1) is 0 Å². The summed E-state index contributed by atoms with van der Waals surface area (Å²) in [5.41, 5.74) is 3.39. The summed E-state index contributed by atoms with van der Waals surface area (Å²) in [5.74, 6) is -0.0636. The SMILES string of the molecule is CC[C@@H](NC(=O)/C=C/c1ccccc1)c1ccc(C)cc1. The van der Waals surface area contributed by atoms with Gasteiger partial charge in [-0.1, -0.05) is 67.1 Å². The number of hydrogen-bond acceptors (Lipinski definition) is 1. The van der Waals surface area contributed by atoms with Crippen LogP contribution in [-0.4, -0.2) is 5.91 Å². The molecule has 2 heteroatoms. The molecule has 1 amide bonds. The lowest BCUT2D eigenvalue weighted by Crippen LogP contribution is -2.26. The largest absolute Gasteiger partial charge is 0.346 e. The first-order chi connectivity index (χ1) is 10.2. The number of hydrogen-bond donors (Lipinski definition) is 1. The smallest absolute Gasteiger partial charge is 0.244 e. The first-order valence-corrected chi connectivity index (χ1v) is 7.29. The lowest BCUT2D eigenvalue weighted by molar-refractivity contribution is -0.117. The van der Waals surface area contributed by atoms with Crippen LogP contribution in [0, 0.1) is 6.92 Å². The van der Waals surface area contributed by atoms with E-state index in [4.69, 9.17) is 0 Å². The standard InChI is InChI=1S/C19H21NO/c1-3-18(17-12-9-15(2)10-13-17)20-19(21)14-11-16-7-5-4-6-8-16/h4-14,18H,3H2,1-2H3,(H,20,21)/b14-11+/t18-/m1/s1. The Morgan fingerprint density at radius 2 is 1.76 bits per heavy atom. The Labute approximate surface area is 126 Å². The summed E-state index contributed by atoms with van der Waals surface area (Å²) in [5, 5.41) is 3.05. The first kappa shape index (κ1) is 15.0. The third-order valence-electron chi connectivity index (χ3n) is 3.43. The molecule has 0 aliphatic carbocycles. The van der Waals surface area contributed by atoms with Gasteiger partial charge in [0, 0.05) is 6.08 Å². The van der Waals surface area contributed by atoms with E-state index in [1.54, 1.807) is 6.08 Å². The topological polar surface area (TPSA) is 29.1 Å². The number of benzene rings is 2. The molecule has 0 radical (unpaired) electrons. The van der Waals surface area contributed by atoms with Crippen molar-refractivity contribution in [3.05, 3.63) is 77.4 Å². The van der Waals surface area contributed by atoms with Gasteiger partial charge in [0.25, 0.3) is 0 Å². The fourth-order valence-corrected chi connectivity index (χ4v) is 2.18. The van der Waals surface area contributed by atoms with Crippen LogP contribution in [-0.2, 0) is 4.79 Å². The van der Waals surface area contributed by atoms with E-state index in [2.05, 4.69) is 43.4 Å². The van der Waals surface area contributed by atoms with Crippen LogP contribution in [0.3, 0.4) is 0 Å². The maximum atomic E-state index is 12.0. The van der Waals surface area contributed by atoms with Crippen LogP contribution in [0.4, 0.5) is 0 Å².